The molecule has 0 aliphatic heterocycles. The first-order valence-corrected chi connectivity index (χ1v) is 7.36. The number of hydrogen-bond acceptors (Lipinski definition) is 2. The van der Waals surface area contributed by atoms with E-state index in [1.807, 2.05) is 67.6 Å². The third kappa shape index (κ3) is 4.19. The van der Waals surface area contributed by atoms with Crippen LogP contribution in [0.2, 0.25) is 0 Å². The van der Waals surface area contributed by atoms with Gasteiger partial charge in [0.15, 0.2) is 0 Å². The van der Waals surface area contributed by atoms with Crippen LogP contribution in [-0.4, -0.2) is 24.9 Å². The molecule has 0 aliphatic rings. The maximum atomic E-state index is 12.6. The molecule has 0 aromatic heterocycles. The van der Waals surface area contributed by atoms with Crippen LogP contribution >= 0.6 is 0 Å². The SMILES string of the molecule is CCNC(=O)CNC(=O)C(c1ccccc1)c1ccccc1. The van der Waals surface area contributed by atoms with E-state index in [0.717, 1.165) is 11.1 Å². The van der Waals surface area contributed by atoms with Crippen LogP contribution in [-0.2, 0) is 9.59 Å². The molecule has 0 atom stereocenters. The van der Waals surface area contributed by atoms with Gasteiger partial charge in [-0.05, 0) is 18.1 Å². The average Bonchev–Trinajstić information content (AvgIpc) is 2.55. The van der Waals surface area contributed by atoms with Gasteiger partial charge in [-0.25, -0.2) is 0 Å². The summed E-state index contributed by atoms with van der Waals surface area (Å²) < 4.78 is 0. The second-order valence-electron chi connectivity index (χ2n) is 4.93. The fraction of sp³-hybridized carbons (Fsp3) is 0.222. The van der Waals surface area contributed by atoms with Gasteiger partial charge in [0.25, 0.3) is 0 Å². The number of nitrogens with one attached hydrogen (secondary N) is 2. The second kappa shape index (κ2) is 7.98. The fourth-order valence-electron chi connectivity index (χ4n) is 2.32. The first-order valence-electron chi connectivity index (χ1n) is 7.36. The molecule has 0 saturated carbocycles. The van der Waals surface area contributed by atoms with E-state index in [9.17, 15) is 9.59 Å². The molecular formula is C18H20N2O2. The van der Waals surface area contributed by atoms with Crippen LogP contribution in [0.3, 0.4) is 0 Å². The zero-order valence-corrected chi connectivity index (χ0v) is 12.6. The smallest absolute Gasteiger partial charge is 0.239 e. The highest BCUT2D eigenvalue weighted by molar-refractivity contribution is 5.90. The monoisotopic (exact) mass is 296 g/mol. The first kappa shape index (κ1) is 15.8. The summed E-state index contributed by atoms with van der Waals surface area (Å²) in [5, 5.41) is 5.38. The largest absolute Gasteiger partial charge is 0.355 e. The minimum atomic E-state index is -0.420. The molecule has 22 heavy (non-hydrogen) atoms. The standard InChI is InChI=1S/C18H20N2O2/c1-2-19-16(21)13-20-18(22)17(14-9-5-3-6-10-14)15-11-7-4-8-12-15/h3-12,17H,2,13H2,1H3,(H,19,21)(H,20,22). The molecule has 2 aromatic rings. The minimum Gasteiger partial charge on any atom is -0.355 e. The molecule has 114 valence electrons. The summed E-state index contributed by atoms with van der Waals surface area (Å²) in [7, 11) is 0. The van der Waals surface area contributed by atoms with Crippen molar-refractivity contribution in [3.05, 3.63) is 71.8 Å². The molecule has 4 nitrogen and oxygen atoms in total. The lowest BCUT2D eigenvalue weighted by Gasteiger charge is -2.17. The normalized spacial score (nSPS) is 10.3. The zero-order chi connectivity index (χ0) is 15.8. The van der Waals surface area contributed by atoms with Crippen LogP contribution in [0.15, 0.2) is 60.7 Å². The van der Waals surface area contributed by atoms with Crippen molar-refractivity contribution in [1.29, 1.82) is 0 Å². The Kier molecular flexibility index (Phi) is 5.72. The summed E-state index contributed by atoms with van der Waals surface area (Å²) in [6.45, 7) is 2.38. The predicted octanol–water partition coefficient (Wildman–Crippen LogP) is 2.07. The van der Waals surface area contributed by atoms with E-state index < -0.39 is 5.92 Å². The molecule has 0 radical (unpaired) electrons. The van der Waals surface area contributed by atoms with Gasteiger partial charge >= 0.3 is 0 Å². The minimum absolute atomic E-state index is 0.0111. The van der Waals surface area contributed by atoms with Gasteiger partial charge in [0, 0.05) is 6.54 Å². The number of carbonyl (C=O) groups excluding carboxylic acids is 2. The Morgan fingerprint density at radius 2 is 1.36 bits per heavy atom. The van der Waals surface area contributed by atoms with Gasteiger partial charge in [0.2, 0.25) is 11.8 Å². The zero-order valence-electron chi connectivity index (χ0n) is 12.6. The van der Waals surface area contributed by atoms with Gasteiger partial charge in [-0.1, -0.05) is 60.7 Å². The number of carbonyl (C=O) groups is 2. The van der Waals surface area contributed by atoms with Crippen LogP contribution in [0.4, 0.5) is 0 Å². The van der Waals surface area contributed by atoms with Gasteiger partial charge < -0.3 is 10.6 Å². The molecule has 0 unspecified atom stereocenters. The van der Waals surface area contributed by atoms with Crippen molar-refractivity contribution in [2.24, 2.45) is 0 Å². The van der Waals surface area contributed by atoms with E-state index in [0.29, 0.717) is 6.54 Å². The van der Waals surface area contributed by atoms with Crippen molar-refractivity contribution in [2.75, 3.05) is 13.1 Å². The molecule has 0 spiro atoms. The quantitative estimate of drug-likeness (QED) is 0.857. The summed E-state index contributed by atoms with van der Waals surface area (Å²) in [5.74, 6) is -0.781. The van der Waals surface area contributed by atoms with E-state index in [1.54, 1.807) is 0 Å². The van der Waals surface area contributed by atoms with E-state index in [4.69, 9.17) is 0 Å². The Bertz CT molecular complexity index is 572. The Balaban J connectivity index is 2.18. The molecule has 0 fully saturated rings. The molecular weight excluding hydrogens is 276 g/mol. The lowest BCUT2D eigenvalue weighted by Crippen LogP contribution is -2.39. The molecule has 0 heterocycles. The third-order valence-corrected chi connectivity index (χ3v) is 3.33. The van der Waals surface area contributed by atoms with Crippen molar-refractivity contribution in [3.8, 4) is 0 Å². The summed E-state index contributed by atoms with van der Waals surface area (Å²) >= 11 is 0. The van der Waals surface area contributed by atoms with E-state index in [1.165, 1.54) is 0 Å². The number of likely N-dealkylation sites (N-methyl/N-ethyl adjacent to an activating group) is 1. The number of hydrogen-bond donors (Lipinski definition) is 2. The maximum Gasteiger partial charge on any atom is 0.239 e. The van der Waals surface area contributed by atoms with E-state index in [-0.39, 0.29) is 18.4 Å². The van der Waals surface area contributed by atoms with Gasteiger partial charge in [-0.2, -0.15) is 0 Å². The molecule has 0 saturated heterocycles. The van der Waals surface area contributed by atoms with Crippen LogP contribution in [0.5, 0.6) is 0 Å². The highest BCUT2D eigenvalue weighted by atomic mass is 16.2. The molecule has 0 aliphatic carbocycles. The lowest BCUT2D eigenvalue weighted by molar-refractivity contribution is -0.126. The highest BCUT2D eigenvalue weighted by Crippen LogP contribution is 2.24. The number of benzene rings is 2. The van der Waals surface area contributed by atoms with Crippen molar-refractivity contribution in [2.45, 2.75) is 12.8 Å². The first-order chi connectivity index (χ1) is 10.7. The number of amides is 2. The van der Waals surface area contributed by atoms with E-state index in [2.05, 4.69) is 10.6 Å². The fourth-order valence-corrected chi connectivity index (χ4v) is 2.32. The van der Waals surface area contributed by atoms with Crippen molar-refractivity contribution < 1.29 is 9.59 Å². The summed E-state index contributed by atoms with van der Waals surface area (Å²) in [6.07, 6.45) is 0. The molecule has 2 rings (SSSR count). The van der Waals surface area contributed by atoms with Gasteiger partial charge in [-0.15, -0.1) is 0 Å². The van der Waals surface area contributed by atoms with Crippen LogP contribution in [0.1, 0.15) is 24.0 Å². The predicted molar refractivity (Wildman–Crippen MR) is 86.4 cm³/mol. The molecule has 2 amide bonds. The van der Waals surface area contributed by atoms with E-state index >= 15 is 0 Å². The topological polar surface area (TPSA) is 58.2 Å². The Morgan fingerprint density at radius 1 is 0.864 bits per heavy atom. The van der Waals surface area contributed by atoms with Gasteiger partial charge in [-0.3, -0.25) is 9.59 Å². The van der Waals surface area contributed by atoms with Crippen LogP contribution in [0.25, 0.3) is 0 Å². The Labute approximate surface area is 130 Å². The lowest BCUT2D eigenvalue weighted by atomic mass is 9.90. The third-order valence-electron chi connectivity index (χ3n) is 3.33. The summed E-state index contributed by atoms with van der Waals surface area (Å²) in [4.78, 5) is 24.1. The van der Waals surface area contributed by atoms with Crippen LogP contribution < -0.4 is 10.6 Å². The Morgan fingerprint density at radius 3 is 1.82 bits per heavy atom. The van der Waals surface area contributed by atoms with Crippen LogP contribution in [0, 0.1) is 0 Å². The summed E-state index contributed by atoms with van der Waals surface area (Å²) in [5.41, 5.74) is 1.81. The maximum absolute atomic E-state index is 12.6. The molecule has 4 heteroatoms. The second-order valence-corrected chi connectivity index (χ2v) is 4.93. The summed E-state index contributed by atoms with van der Waals surface area (Å²) in [6, 6.07) is 19.1. The van der Waals surface area contributed by atoms with Gasteiger partial charge in [0.05, 0.1) is 12.5 Å². The molecule has 2 aromatic carbocycles. The Hall–Kier alpha value is -2.62. The average molecular weight is 296 g/mol. The number of rotatable bonds is 6. The van der Waals surface area contributed by atoms with Crippen molar-refractivity contribution in [3.63, 3.8) is 0 Å². The van der Waals surface area contributed by atoms with Crippen molar-refractivity contribution in [1.82, 2.24) is 10.6 Å². The van der Waals surface area contributed by atoms with Crippen molar-refractivity contribution >= 4 is 11.8 Å². The highest BCUT2D eigenvalue weighted by Gasteiger charge is 2.22. The van der Waals surface area contributed by atoms with Gasteiger partial charge in [0.1, 0.15) is 0 Å². The molecule has 0 bridgehead atoms. The molecule has 2 N–H and O–H groups in total.